The topological polar surface area (TPSA) is 47.1 Å². The number of hydrogen-bond acceptors (Lipinski definition) is 3. The van der Waals surface area contributed by atoms with Gasteiger partial charge in [0.05, 0.1) is 5.69 Å². The second-order valence-electron chi connectivity index (χ2n) is 5.46. The van der Waals surface area contributed by atoms with E-state index < -0.39 is 0 Å². The highest BCUT2D eigenvalue weighted by atomic mass is 15.3. The Morgan fingerprint density at radius 1 is 1.50 bits per heavy atom. The van der Waals surface area contributed by atoms with E-state index in [2.05, 4.69) is 30.0 Å². The highest BCUT2D eigenvalue weighted by molar-refractivity contribution is 5.22. The second-order valence-corrected chi connectivity index (χ2v) is 5.46. The van der Waals surface area contributed by atoms with Gasteiger partial charge in [0.2, 0.25) is 0 Å². The van der Waals surface area contributed by atoms with Crippen LogP contribution in [0.25, 0.3) is 0 Å². The lowest BCUT2D eigenvalue weighted by Crippen LogP contribution is -2.42. The Kier molecular flexibility index (Phi) is 4.40. The van der Waals surface area contributed by atoms with Crippen LogP contribution < -0.4 is 5.73 Å². The average molecular weight is 250 g/mol. The molecule has 4 nitrogen and oxygen atoms in total. The number of likely N-dealkylation sites (tertiary alicyclic amines) is 1. The predicted octanol–water partition coefficient (Wildman–Crippen LogP) is 1.85. The lowest BCUT2D eigenvalue weighted by Gasteiger charge is -2.41. The van der Waals surface area contributed by atoms with Crippen molar-refractivity contribution < 1.29 is 0 Å². The summed E-state index contributed by atoms with van der Waals surface area (Å²) < 4.78 is 1.93. The summed E-state index contributed by atoms with van der Waals surface area (Å²) in [6.45, 7) is 7.50. The minimum atomic E-state index is 0.470. The van der Waals surface area contributed by atoms with E-state index in [0.29, 0.717) is 12.0 Å². The molecular formula is C14H26N4. The van der Waals surface area contributed by atoms with Crippen molar-refractivity contribution in [3.8, 4) is 0 Å². The van der Waals surface area contributed by atoms with Gasteiger partial charge in [-0.25, -0.2) is 0 Å². The largest absolute Gasteiger partial charge is 0.330 e. The van der Waals surface area contributed by atoms with E-state index in [1.807, 2.05) is 11.7 Å². The molecule has 1 fully saturated rings. The van der Waals surface area contributed by atoms with Crippen LogP contribution in [0.2, 0.25) is 0 Å². The van der Waals surface area contributed by atoms with Crippen molar-refractivity contribution in [2.24, 2.45) is 18.7 Å². The van der Waals surface area contributed by atoms with Crippen molar-refractivity contribution in [3.05, 3.63) is 17.5 Å². The van der Waals surface area contributed by atoms with Crippen molar-refractivity contribution in [2.75, 3.05) is 19.6 Å². The molecule has 1 aromatic heterocycles. The molecule has 0 aromatic carbocycles. The summed E-state index contributed by atoms with van der Waals surface area (Å²) in [7, 11) is 2.00. The maximum Gasteiger partial charge on any atom is 0.0641 e. The molecule has 1 aromatic rings. The molecule has 1 aliphatic heterocycles. The zero-order valence-electron chi connectivity index (χ0n) is 11.9. The Labute approximate surface area is 110 Å². The van der Waals surface area contributed by atoms with Gasteiger partial charge in [-0.2, -0.15) is 5.10 Å². The quantitative estimate of drug-likeness (QED) is 0.887. The fraction of sp³-hybridized carbons (Fsp3) is 0.786. The minimum absolute atomic E-state index is 0.470. The second kappa shape index (κ2) is 5.85. The lowest BCUT2D eigenvalue weighted by atomic mass is 9.84. The number of hydrogen-bond donors (Lipinski definition) is 1. The summed E-state index contributed by atoms with van der Waals surface area (Å²) in [5, 5.41) is 4.50. The summed E-state index contributed by atoms with van der Waals surface area (Å²) in [5.74, 6) is 0.577. The zero-order valence-corrected chi connectivity index (χ0v) is 11.9. The standard InChI is InChI=1S/C14H26N4/c1-4-7-18-8-5-6-12(9-15)14(18)13-10-17(3)16-11(13)2/h10,12,14H,4-9,15H2,1-3H3. The molecule has 2 atom stereocenters. The fourth-order valence-electron chi connectivity index (χ4n) is 3.30. The van der Waals surface area contributed by atoms with Gasteiger partial charge in [0.25, 0.3) is 0 Å². The van der Waals surface area contributed by atoms with Gasteiger partial charge in [0.1, 0.15) is 0 Å². The predicted molar refractivity (Wildman–Crippen MR) is 74.3 cm³/mol. The number of aryl methyl sites for hydroxylation is 2. The van der Waals surface area contributed by atoms with Crippen LogP contribution in [-0.2, 0) is 7.05 Å². The molecule has 0 spiro atoms. The summed E-state index contributed by atoms with van der Waals surface area (Å²) in [4.78, 5) is 2.60. The third kappa shape index (κ3) is 2.59. The third-order valence-electron chi connectivity index (χ3n) is 4.04. The van der Waals surface area contributed by atoms with E-state index >= 15 is 0 Å². The SMILES string of the molecule is CCCN1CCCC(CN)C1c1cn(C)nc1C. The molecule has 0 saturated carbocycles. The van der Waals surface area contributed by atoms with E-state index in [-0.39, 0.29) is 0 Å². The van der Waals surface area contributed by atoms with E-state index in [4.69, 9.17) is 5.73 Å². The molecule has 18 heavy (non-hydrogen) atoms. The van der Waals surface area contributed by atoms with Crippen molar-refractivity contribution >= 4 is 0 Å². The molecule has 0 radical (unpaired) electrons. The first kappa shape index (κ1) is 13.6. The van der Waals surface area contributed by atoms with Crippen LogP contribution in [0.5, 0.6) is 0 Å². The smallest absolute Gasteiger partial charge is 0.0641 e. The molecular weight excluding hydrogens is 224 g/mol. The van der Waals surface area contributed by atoms with E-state index in [1.54, 1.807) is 0 Å². The van der Waals surface area contributed by atoms with Crippen molar-refractivity contribution in [2.45, 2.75) is 39.2 Å². The Balaban J connectivity index is 2.30. The highest BCUT2D eigenvalue weighted by Gasteiger charge is 2.33. The minimum Gasteiger partial charge on any atom is -0.330 e. The molecule has 1 aliphatic rings. The maximum absolute atomic E-state index is 5.99. The molecule has 102 valence electrons. The molecule has 0 aliphatic carbocycles. The zero-order chi connectivity index (χ0) is 13.1. The van der Waals surface area contributed by atoms with Crippen LogP contribution in [0.1, 0.15) is 43.5 Å². The Hall–Kier alpha value is -0.870. The van der Waals surface area contributed by atoms with Crippen molar-refractivity contribution in [1.29, 1.82) is 0 Å². The monoisotopic (exact) mass is 250 g/mol. The van der Waals surface area contributed by atoms with Crippen molar-refractivity contribution in [3.63, 3.8) is 0 Å². The van der Waals surface area contributed by atoms with E-state index in [1.165, 1.54) is 31.4 Å². The van der Waals surface area contributed by atoms with Crippen molar-refractivity contribution in [1.82, 2.24) is 14.7 Å². The molecule has 4 heteroatoms. The molecule has 2 rings (SSSR count). The lowest BCUT2D eigenvalue weighted by molar-refractivity contribution is 0.0955. The van der Waals surface area contributed by atoms with Gasteiger partial charge in [-0.1, -0.05) is 6.92 Å². The van der Waals surface area contributed by atoms with Gasteiger partial charge in [-0.05, 0) is 51.7 Å². The van der Waals surface area contributed by atoms with Crippen LogP contribution >= 0.6 is 0 Å². The first-order valence-corrected chi connectivity index (χ1v) is 7.11. The summed E-state index contributed by atoms with van der Waals surface area (Å²) in [6.07, 6.45) is 5.90. The summed E-state index contributed by atoms with van der Waals surface area (Å²) in [5.41, 5.74) is 8.52. The van der Waals surface area contributed by atoms with Crippen LogP contribution in [-0.4, -0.2) is 34.3 Å². The summed E-state index contributed by atoms with van der Waals surface area (Å²) >= 11 is 0. The van der Waals surface area contributed by atoms with Gasteiger partial charge in [0, 0.05) is 24.8 Å². The molecule has 2 heterocycles. The number of nitrogens with zero attached hydrogens (tertiary/aromatic N) is 3. The Bertz CT molecular complexity index is 383. The van der Waals surface area contributed by atoms with E-state index in [9.17, 15) is 0 Å². The highest BCUT2D eigenvalue weighted by Crippen LogP contribution is 2.36. The normalized spacial score (nSPS) is 25.6. The summed E-state index contributed by atoms with van der Waals surface area (Å²) in [6, 6.07) is 0.470. The fourth-order valence-corrected chi connectivity index (χ4v) is 3.30. The number of piperidine rings is 1. The Morgan fingerprint density at radius 2 is 2.28 bits per heavy atom. The van der Waals surface area contributed by atoms with Gasteiger partial charge < -0.3 is 5.73 Å². The Morgan fingerprint density at radius 3 is 2.83 bits per heavy atom. The van der Waals surface area contributed by atoms with Gasteiger partial charge >= 0.3 is 0 Å². The molecule has 0 amide bonds. The molecule has 2 N–H and O–H groups in total. The molecule has 1 saturated heterocycles. The molecule has 2 unspecified atom stereocenters. The van der Waals surface area contributed by atoms with Crippen LogP contribution in [0.4, 0.5) is 0 Å². The van der Waals surface area contributed by atoms with E-state index in [0.717, 1.165) is 18.8 Å². The van der Waals surface area contributed by atoms with Gasteiger partial charge in [-0.3, -0.25) is 9.58 Å². The number of aromatic nitrogens is 2. The first-order chi connectivity index (χ1) is 8.67. The molecule has 0 bridgehead atoms. The van der Waals surface area contributed by atoms with Gasteiger partial charge in [-0.15, -0.1) is 0 Å². The number of rotatable bonds is 4. The maximum atomic E-state index is 5.99. The van der Waals surface area contributed by atoms with Gasteiger partial charge in [0.15, 0.2) is 0 Å². The first-order valence-electron chi connectivity index (χ1n) is 7.11. The average Bonchev–Trinajstić information content (AvgIpc) is 2.68. The van der Waals surface area contributed by atoms with Crippen LogP contribution in [0.15, 0.2) is 6.20 Å². The van der Waals surface area contributed by atoms with Crippen LogP contribution in [0.3, 0.4) is 0 Å². The van der Waals surface area contributed by atoms with Crippen LogP contribution in [0, 0.1) is 12.8 Å². The third-order valence-corrected chi connectivity index (χ3v) is 4.04. The number of nitrogens with two attached hydrogens (primary N) is 1.